The fraction of sp³-hybridized carbons (Fsp3) is 0.0588. The Balaban J connectivity index is 1.84. The summed E-state index contributed by atoms with van der Waals surface area (Å²) in [6, 6.07) is 4.93. The minimum atomic E-state index is -4.47. The Kier molecular flexibility index (Phi) is 4.92. The molecule has 1 amide bonds. The van der Waals surface area contributed by atoms with Crippen LogP contribution in [0, 0.1) is 0 Å². The SMILES string of the molecule is O=C(O)/C=C/c1csc(/C=C2\Sc3ccc(C(F)(F)F)cc3NC2=O)c1. The van der Waals surface area contributed by atoms with Crippen LogP contribution in [0.2, 0.25) is 0 Å². The molecule has 2 heterocycles. The van der Waals surface area contributed by atoms with E-state index in [0.717, 1.165) is 34.8 Å². The number of fused-ring (bicyclic) bond motifs is 1. The first-order valence-electron chi connectivity index (χ1n) is 7.14. The first-order chi connectivity index (χ1) is 12.2. The summed E-state index contributed by atoms with van der Waals surface area (Å²) in [5, 5.41) is 12.8. The van der Waals surface area contributed by atoms with E-state index in [9.17, 15) is 22.8 Å². The maximum Gasteiger partial charge on any atom is 0.416 e. The lowest BCUT2D eigenvalue weighted by molar-refractivity contribution is -0.137. The number of amides is 1. The number of carboxylic acid groups (broad SMARTS) is 1. The summed E-state index contributed by atoms with van der Waals surface area (Å²) >= 11 is 2.40. The maximum absolute atomic E-state index is 12.8. The van der Waals surface area contributed by atoms with Crippen LogP contribution < -0.4 is 5.32 Å². The number of thioether (sulfide) groups is 1. The molecular formula is C17H10F3NO3S2. The zero-order chi connectivity index (χ0) is 18.9. The third kappa shape index (κ3) is 4.17. The molecule has 0 spiro atoms. The van der Waals surface area contributed by atoms with Gasteiger partial charge in [-0.25, -0.2) is 4.79 Å². The smallest absolute Gasteiger partial charge is 0.416 e. The van der Waals surface area contributed by atoms with Crippen LogP contribution in [0.25, 0.3) is 12.2 Å². The Morgan fingerprint density at radius 2 is 2.00 bits per heavy atom. The van der Waals surface area contributed by atoms with Crippen LogP contribution in [0.3, 0.4) is 0 Å². The number of halogens is 3. The molecule has 0 saturated carbocycles. The van der Waals surface area contributed by atoms with E-state index < -0.39 is 23.6 Å². The number of thiophene rings is 1. The number of anilines is 1. The number of benzene rings is 1. The number of rotatable bonds is 3. The molecule has 0 fully saturated rings. The van der Waals surface area contributed by atoms with Gasteiger partial charge in [0.15, 0.2) is 0 Å². The zero-order valence-electron chi connectivity index (χ0n) is 12.8. The molecule has 2 aromatic rings. The van der Waals surface area contributed by atoms with Gasteiger partial charge in [-0.05, 0) is 47.4 Å². The van der Waals surface area contributed by atoms with Gasteiger partial charge in [0.1, 0.15) is 0 Å². The van der Waals surface area contributed by atoms with E-state index in [2.05, 4.69) is 5.32 Å². The van der Waals surface area contributed by atoms with Crippen LogP contribution in [-0.2, 0) is 15.8 Å². The monoisotopic (exact) mass is 397 g/mol. The third-order valence-corrected chi connectivity index (χ3v) is 5.33. The van der Waals surface area contributed by atoms with Crippen LogP contribution in [0.5, 0.6) is 0 Å². The average molecular weight is 397 g/mol. The first-order valence-corrected chi connectivity index (χ1v) is 8.84. The molecule has 1 aliphatic rings. The summed E-state index contributed by atoms with van der Waals surface area (Å²) < 4.78 is 38.3. The molecule has 2 N–H and O–H groups in total. The van der Waals surface area contributed by atoms with E-state index in [4.69, 9.17) is 5.11 Å². The first kappa shape index (κ1) is 18.3. The van der Waals surface area contributed by atoms with Gasteiger partial charge in [0.2, 0.25) is 0 Å². The summed E-state index contributed by atoms with van der Waals surface area (Å²) in [4.78, 5) is 24.3. The van der Waals surface area contributed by atoms with E-state index in [1.807, 2.05) is 0 Å². The lowest BCUT2D eigenvalue weighted by atomic mass is 10.2. The minimum Gasteiger partial charge on any atom is -0.478 e. The van der Waals surface area contributed by atoms with Gasteiger partial charge < -0.3 is 10.4 Å². The topological polar surface area (TPSA) is 66.4 Å². The highest BCUT2D eigenvalue weighted by Crippen LogP contribution is 2.42. The molecule has 3 rings (SSSR count). The Labute approximate surface area is 154 Å². The number of carbonyl (C=O) groups is 2. The van der Waals surface area contributed by atoms with Crippen LogP contribution in [-0.4, -0.2) is 17.0 Å². The van der Waals surface area contributed by atoms with Crippen LogP contribution in [0.1, 0.15) is 16.0 Å². The highest BCUT2D eigenvalue weighted by atomic mass is 32.2. The summed E-state index contributed by atoms with van der Waals surface area (Å²) in [7, 11) is 0. The van der Waals surface area contributed by atoms with E-state index >= 15 is 0 Å². The van der Waals surface area contributed by atoms with Gasteiger partial charge >= 0.3 is 12.1 Å². The van der Waals surface area contributed by atoms with E-state index in [1.165, 1.54) is 23.5 Å². The molecule has 0 saturated heterocycles. The number of nitrogens with one attached hydrogen (secondary N) is 1. The number of hydrogen-bond acceptors (Lipinski definition) is 4. The predicted octanol–water partition coefficient (Wildman–Crippen LogP) is 4.95. The van der Waals surface area contributed by atoms with Gasteiger partial charge in [-0.1, -0.05) is 11.8 Å². The molecule has 26 heavy (non-hydrogen) atoms. The normalized spacial score (nSPS) is 16.0. The Morgan fingerprint density at radius 3 is 2.69 bits per heavy atom. The van der Waals surface area contributed by atoms with Crippen molar-refractivity contribution in [1.82, 2.24) is 0 Å². The fourth-order valence-electron chi connectivity index (χ4n) is 2.16. The van der Waals surface area contributed by atoms with Crippen molar-refractivity contribution in [3.05, 3.63) is 56.6 Å². The number of aliphatic carboxylic acids is 1. The second-order valence-corrected chi connectivity index (χ2v) is 7.25. The van der Waals surface area contributed by atoms with E-state index in [0.29, 0.717) is 15.4 Å². The molecule has 1 aromatic carbocycles. The van der Waals surface area contributed by atoms with Gasteiger partial charge in [0, 0.05) is 15.8 Å². The summed E-state index contributed by atoms with van der Waals surface area (Å²) in [5.41, 5.74) is -0.0124. The van der Waals surface area contributed by atoms with Gasteiger partial charge in [-0.2, -0.15) is 13.2 Å². The van der Waals surface area contributed by atoms with E-state index in [1.54, 1.807) is 17.5 Å². The molecule has 0 aliphatic carbocycles. The molecule has 0 atom stereocenters. The second kappa shape index (κ2) is 7.00. The van der Waals surface area contributed by atoms with Crippen molar-refractivity contribution in [2.24, 2.45) is 0 Å². The number of hydrogen-bond donors (Lipinski definition) is 2. The molecule has 0 bridgehead atoms. The highest BCUT2D eigenvalue weighted by molar-refractivity contribution is 8.04. The van der Waals surface area contributed by atoms with Crippen LogP contribution >= 0.6 is 23.1 Å². The van der Waals surface area contributed by atoms with E-state index in [-0.39, 0.29) is 5.69 Å². The van der Waals surface area contributed by atoms with Crippen molar-refractivity contribution in [2.45, 2.75) is 11.1 Å². The molecular weight excluding hydrogens is 387 g/mol. The van der Waals surface area contributed by atoms with Crippen molar-refractivity contribution in [2.75, 3.05) is 5.32 Å². The lowest BCUT2D eigenvalue weighted by Crippen LogP contribution is -2.18. The quantitative estimate of drug-likeness (QED) is 0.720. The second-order valence-electron chi connectivity index (χ2n) is 5.23. The van der Waals surface area contributed by atoms with Crippen molar-refractivity contribution in [3.63, 3.8) is 0 Å². The number of carbonyl (C=O) groups excluding carboxylic acids is 1. The van der Waals surface area contributed by atoms with Crippen LogP contribution in [0.15, 0.2) is 45.5 Å². The molecule has 1 aliphatic heterocycles. The summed E-state index contributed by atoms with van der Waals surface area (Å²) in [6.07, 6.45) is -0.417. The predicted molar refractivity (Wildman–Crippen MR) is 94.9 cm³/mol. The highest BCUT2D eigenvalue weighted by Gasteiger charge is 2.32. The van der Waals surface area contributed by atoms with Crippen molar-refractivity contribution >= 4 is 52.8 Å². The average Bonchev–Trinajstić information content (AvgIpc) is 3.00. The lowest BCUT2D eigenvalue weighted by Gasteiger charge is -2.20. The molecule has 0 unspecified atom stereocenters. The molecule has 1 aromatic heterocycles. The van der Waals surface area contributed by atoms with Crippen molar-refractivity contribution in [1.29, 1.82) is 0 Å². The van der Waals surface area contributed by atoms with Crippen LogP contribution in [0.4, 0.5) is 18.9 Å². The number of alkyl halides is 3. The van der Waals surface area contributed by atoms with Gasteiger partial charge in [-0.15, -0.1) is 11.3 Å². The van der Waals surface area contributed by atoms with Crippen molar-refractivity contribution in [3.8, 4) is 0 Å². The number of carboxylic acids is 1. The fourth-order valence-corrected chi connectivity index (χ4v) is 3.97. The summed E-state index contributed by atoms with van der Waals surface area (Å²) in [6.45, 7) is 0. The standard InChI is InChI=1S/C17H10F3NO3S2/c18-17(19,20)10-2-3-13-12(6-10)21-16(24)14(26-13)7-11-5-9(8-25-11)1-4-15(22)23/h1-8H,(H,21,24)(H,22,23)/b4-1+,14-7-. The molecule has 9 heteroatoms. The molecule has 0 radical (unpaired) electrons. The molecule has 4 nitrogen and oxygen atoms in total. The maximum atomic E-state index is 12.8. The van der Waals surface area contributed by atoms with Crippen molar-refractivity contribution < 1.29 is 27.9 Å². The van der Waals surface area contributed by atoms with Gasteiger partial charge in [-0.3, -0.25) is 4.79 Å². The Hall–Kier alpha value is -2.52. The third-order valence-electron chi connectivity index (χ3n) is 3.33. The summed E-state index contributed by atoms with van der Waals surface area (Å²) in [5.74, 6) is -1.55. The van der Waals surface area contributed by atoms with Gasteiger partial charge in [0.05, 0.1) is 16.2 Å². The molecule has 134 valence electrons. The minimum absolute atomic E-state index is 0.128. The Morgan fingerprint density at radius 1 is 1.23 bits per heavy atom. The largest absolute Gasteiger partial charge is 0.478 e. The zero-order valence-corrected chi connectivity index (χ0v) is 14.5. The van der Waals surface area contributed by atoms with Gasteiger partial charge in [0.25, 0.3) is 5.91 Å². The Bertz CT molecular complexity index is 945.